The maximum atomic E-state index is 13.5. The predicted molar refractivity (Wildman–Crippen MR) is 77.8 cm³/mol. The fraction of sp³-hybridized carbons (Fsp3) is 0.188. The average molecular weight is 323 g/mol. The molecule has 0 saturated heterocycles. The molecular weight excluding hydrogens is 311 g/mol. The Kier molecular flexibility index (Phi) is 3.90. The van der Waals surface area contributed by atoms with E-state index in [1.54, 1.807) is 19.1 Å². The Labute approximate surface area is 131 Å². The zero-order valence-electron chi connectivity index (χ0n) is 11.7. The smallest absolute Gasteiger partial charge is 0.338 e. The van der Waals surface area contributed by atoms with E-state index in [0.717, 1.165) is 6.07 Å². The topological polar surface area (TPSA) is 44.8 Å². The van der Waals surface area contributed by atoms with Crippen molar-refractivity contribution in [3.05, 3.63) is 57.9 Å². The van der Waals surface area contributed by atoms with Crippen molar-refractivity contribution in [2.24, 2.45) is 0 Å². The Hall–Kier alpha value is -2.27. The number of hydrogen-bond donors (Lipinski definition) is 0. The summed E-state index contributed by atoms with van der Waals surface area (Å²) in [6.07, 6.45) is 0. The Morgan fingerprint density at radius 2 is 2.14 bits per heavy atom. The van der Waals surface area contributed by atoms with Gasteiger partial charge in [-0.25, -0.2) is 9.18 Å². The van der Waals surface area contributed by atoms with Crippen LogP contribution in [0.2, 0.25) is 5.02 Å². The first-order chi connectivity index (χ1) is 10.5. The number of esters is 1. The number of carbonyl (C=O) groups is 1. The summed E-state index contributed by atoms with van der Waals surface area (Å²) in [5.41, 5.74) is 1.30. The predicted octanol–water partition coefficient (Wildman–Crippen LogP) is 3.87. The van der Waals surface area contributed by atoms with Gasteiger partial charge in [-0.2, -0.15) is 0 Å². The summed E-state index contributed by atoms with van der Waals surface area (Å²) >= 11 is 6.05. The van der Waals surface area contributed by atoms with Crippen LogP contribution in [0.1, 0.15) is 21.5 Å². The van der Waals surface area contributed by atoms with Gasteiger partial charge in [0.1, 0.15) is 12.4 Å². The van der Waals surface area contributed by atoms with Crippen LogP contribution in [0.5, 0.6) is 11.5 Å². The van der Waals surface area contributed by atoms with Crippen LogP contribution < -0.4 is 9.47 Å². The molecule has 0 aliphatic carbocycles. The van der Waals surface area contributed by atoms with E-state index >= 15 is 0 Å². The standard InChI is InChI=1S/C16H12ClFO4/c1-9-2-3-11(6-13(9)18)16(19)20-7-10-4-12(17)15-14(5-10)21-8-22-15/h2-6H,7-8H2,1H3. The molecule has 0 radical (unpaired) electrons. The number of halogens is 2. The Morgan fingerprint density at radius 1 is 1.32 bits per heavy atom. The van der Waals surface area contributed by atoms with Crippen LogP contribution in [0.25, 0.3) is 0 Å². The normalized spacial score (nSPS) is 12.3. The van der Waals surface area contributed by atoms with Gasteiger partial charge in [0.15, 0.2) is 11.5 Å². The summed E-state index contributed by atoms with van der Waals surface area (Å²) in [7, 11) is 0. The maximum absolute atomic E-state index is 13.5. The van der Waals surface area contributed by atoms with Crippen LogP contribution in [0.15, 0.2) is 30.3 Å². The lowest BCUT2D eigenvalue weighted by molar-refractivity contribution is 0.0472. The lowest BCUT2D eigenvalue weighted by Crippen LogP contribution is -2.06. The summed E-state index contributed by atoms with van der Waals surface area (Å²) < 4.78 is 29.1. The van der Waals surface area contributed by atoms with Gasteiger partial charge >= 0.3 is 5.97 Å². The van der Waals surface area contributed by atoms with Gasteiger partial charge in [-0.3, -0.25) is 0 Å². The van der Waals surface area contributed by atoms with Gasteiger partial charge in [-0.05, 0) is 42.3 Å². The number of aryl methyl sites for hydroxylation is 1. The second-order valence-electron chi connectivity index (χ2n) is 4.85. The van der Waals surface area contributed by atoms with Crippen LogP contribution in [-0.2, 0) is 11.3 Å². The minimum atomic E-state index is -0.604. The number of ether oxygens (including phenoxy) is 3. The maximum Gasteiger partial charge on any atom is 0.338 e. The molecule has 2 aromatic rings. The van der Waals surface area contributed by atoms with Crippen LogP contribution >= 0.6 is 11.6 Å². The number of benzene rings is 2. The van der Waals surface area contributed by atoms with E-state index in [0.29, 0.717) is 27.6 Å². The van der Waals surface area contributed by atoms with Gasteiger partial charge in [0.05, 0.1) is 10.6 Å². The summed E-state index contributed by atoms with van der Waals surface area (Å²) in [5.74, 6) is -0.0504. The lowest BCUT2D eigenvalue weighted by atomic mass is 10.1. The largest absolute Gasteiger partial charge is 0.457 e. The second kappa shape index (κ2) is 5.85. The summed E-state index contributed by atoms with van der Waals surface area (Å²) in [6.45, 7) is 1.74. The van der Waals surface area contributed by atoms with Crippen molar-refractivity contribution < 1.29 is 23.4 Å². The van der Waals surface area contributed by atoms with Gasteiger partial charge in [-0.15, -0.1) is 0 Å². The van der Waals surface area contributed by atoms with E-state index in [4.69, 9.17) is 25.8 Å². The number of rotatable bonds is 3. The van der Waals surface area contributed by atoms with E-state index < -0.39 is 11.8 Å². The van der Waals surface area contributed by atoms with Gasteiger partial charge < -0.3 is 14.2 Å². The fourth-order valence-electron chi connectivity index (χ4n) is 2.06. The molecule has 0 amide bonds. The molecule has 0 N–H and O–H groups in total. The first-order valence-corrected chi connectivity index (χ1v) is 6.93. The number of fused-ring (bicyclic) bond motifs is 1. The number of carbonyl (C=O) groups excluding carboxylic acids is 1. The second-order valence-corrected chi connectivity index (χ2v) is 5.26. The molecule has 0 atom stereocenters. The molecule has 2 aromatic carbocycles. The van der Waals surface area contributed by atoms with Gasteiger partial charge in [0, 0.05) is 0 Å². The quantitative estimate of drug-likeness (QED) is 0.805. The van der Waals surface area contributed by atoms with Gasteiger partial charge in [0.25, 0.3) is 0 Å². The molecule has 0 unspecified atom stereocenters. The molecule has 0 spiro atoms. The highest BCUT2D eigenvalue weighted by molar-refractivity contribution is 6.32. The summed E-state index contributed by atoms with van der Waals surface area (Å²) in [4.78, 5) is 11.9. The van der Waals surface area contributed by atoms with Crippen molar-refractivity contribution in [1.29, 1.82) is 0 Å². The monoisotopic (exact) mass is 322 g/mol. The van der Waals surface area contributed by atoms with E-state index in [9.17, 15) is 9.18 Å². The zero-order chi connectivity index (χ0) is 15.7. The van der Waals surface area contributed by atoms with Crippen LogP contribution in [-0.4, -0.2) is 12.8 Å². The molecular formula is C16H12ClFO4. The van der Waals surface area contributed by atoms with Crippen molar-refractivity contribution in [3.63, 3.8) is 0 Å². The SMILES string of the molecule is Cc1ccc(C(=O)OCc2cc(Cl)c3c(c2)OCO3)cc1F. The molecule has 0 fully saturated rings. The van der Waals surface area contributed by atoms with Crippen LogP contribution in [0.4, 0.5) is 4.39 Å². The minimum Gasteiger partial charge on any atom is -0.457 e. The molecule has 0 saturated carbocycles. The Bertz CT molecular complexity index is 745. The average Bonchev–Trinajstić information content (AvgIpc) is 2.96. The molecule has 22 heavy (non-hydrogen) atoms. The highest BCUT2D eigenvalue weighted by atomic mass is 35.5. The van der Waals surface area contributed by atoms with E-state index in [1.165, 1.54) is 12.1 Å². The van der Waals surface area contributed by atoms with Crippen molar-refractivity contribution in [3.8, 4) is 11.5 Å². The highest BCUT2D eigenvalue weighted by Gasteiger charge is 2.19. The summed E-state index contributed by atoms with van der Waals surface area (Å²) in [6, 6.07) is 7.54. The first-order valence-electron chi connectivity index (χ1n) is 6.56. The molecule has 114 valence electrons. The third-order valence-electron chi connectivity index (χ3n) is 3.26. The first kappa shape index (κ1) is 14.7. The third-order valence-corrected chi connectivity index (χ3v) is 3.55. The molecule has 6 heteroatoms. The Balaban J connectivity index is 1.71. The van der Waals surface area contributed by atoms with E-state index in [2.05, 4.69) is 0 Å². The van der Waals surface area contributed by atoms with Crippen molar-refractivity contribution in [2.45, 2.75) is 13.5 Å². The number of hydrogen-bond acceptors (Lipinski definition) is 4. The minimum absolute atomic E-state index is 0.00465. The fourth-order valence-corrected chi connectivity index (χ4v) is 2.34. The molecule has 0 bridgehead atoms. The molecule has 1 aliphatic rings. The van der Waals surface area contributed by atoms with Gasteiger partial charge in [0.2, 0.25) is 6.79 Å². The zero-order valence-corrected chi connectivity index (χ0v) is 12.4. The van der Waals surface area contributed by atoms with Crippen LogP contribution in [0.3, 0.4) is 0 Å². The van der Waals surface area contributed by atoms with Crippen molar-refractivity contribution in [1.82, 2.24) is 0 Å². The molecule has 0 aromatic heterocycles. The Morgan fingerprint density at radius 3 is 2.91 bits per heavy atom. The lowest BCUT2D eigenvalue weighted by Gasteiger charge is -2.07. The van der Waals surface area contributed by atoms with E-state index in [-0.39, 0.29) is 19.0 Å². The van der Waals surface area contributed by atoms with Gasteiger partial charge in [-0.1, -0.05) is 17.7 Å². The third kappa shape index (κ3) is 2.85. The van der Waals surface area contributed by atoms with E-state index in [1.807, 2.05) is 0 Å². The summed E-state index contributed by atoms with van der Waals surface area (Å²) in [5, 5.41) is 0.391. The van der Waals surface area contributed by atoms with Crippen molar-refractivity contribution >= 4 is 17.6 Å². The molecule has 4 nitrogen and oxygen atoms in total. The van der Waals surface area contributed by atoms with Crippen LogP contribution in [0, 0.1) is 12.7 Å². The van der Waals surface area contributed by atoms with Crippen molar-refractivity contribution in [2.75, 3.05) is 6.79 Å². The highest BCUT2D eigenvalue weighted by Crippen LogP contribution is 2.39. The molecule has 1 aliphatic heterocycles. The molecule has 1 heterocycles. The molecule has 3 rings (SSSR count).